The highest BCUT2D eigenvalue weighted by Gasteiger charge is 2.40. The number of aryl methyl sites for hydroxylation is 1. The predicted octanol–water partition coefficient (Wildman–Crippen LogP) is 2.79. The van der Waals surface area contributed by atoms with E-state index >= 15 is 0 Å². The van der Waals surface area contributed by atoms with Crippen LogP contribution in [0.1, 0.15) is 18.9 Å². The third-order valence-electron chi connectivity index (χ3n) is 3.22. The number of halogens is 1. The van der Waals surface area contributed by atoms with E-state index in [-0.39, 0.29) is 24.4 Å². The van der Waals surface area contributed by atoms with E-state index in [0.29, 0.717) is 16.6 Å². The molecule has 0 spiro atoms. The van der Waals surface area contributed by atoms with Crippen molar-refractivity contribution in [2.24, 2.45) is 11.8 Å². The second kappa shape index (κ2) is 5.61. The van der Waals surface area contributed by atoms with Crippen LogP contribution in [0.2, 0.25) is 5.02 Å². The van der Waals surface area contributed by atoms with Crippen molar-refractivity contribution >= 4 is 29.2 Å². The van der Waals surface area contributed by atoms with Gasteiger partial charge in [0, 0.05) is 10.7 Å². The number of rotatable bonds is 4. The van der Waals surface area contributed by atoms with E-state index in [1.807, 2.05) is 13.8 Å². The number of hydrogen-bond acceptors (Lipinski definition) is 3. The van der Waals surface area contributed by atoms with E-state index in [0.717, 1.165) is 12.0 Å². The highest BCUT2D eigenvalue weighted by molar-refractivity contribution is 6.30. The maximum atomic E-state index is 11.7. The molecule has 0 unspecified atom stereocenters. The third kappa shape index (κ3) is 3.70. The van der Waals surface area contributed by atoms with Gasteiger partial charge in [-0.2, -0.15) is 0 Å². The maximum absolute atomic E-state index is 11.7. The molecule has 1 aromatic rings. The average molecular weight is 282 g/mol. The van der Waals surface area contributed by atoms with Crippen LogP contribution in [0.25, 0.3) is 0 Å². The molecule has 0 saturated heterocycles. The monoisotopic (exact) mass is 281 g/mol. The van der Waals surface area contributed by atoms with Crippen molar-refractivity contribution in [2.45, 2.75) is 20.3 Å². The highest BCUT2D eigenvalue weighted by atomic mass is 35.5. The number of carbonyl (C=O) groups is 2. The van der Waals surface area contributed by atoms with Crippen LogP contribution >= 0.6 is 11.6 Å². The second-order valence-electron chi connectivity index (χ2n) is 4.93. The largest absolute Gasteiger partial charge is 0.455 e. The number of hydrogen-bond donors (Lipinski definition) is 1. The number of amides is 1. The van der Waals surface area contributed by atoms with Crippen molar-refractivity contribution < 1.29 is 14.3 Å². The number of esters is 1. The van der Waals surface area contributed by atoms with Crippen molar-refractivity contribution in [2.75, 3.05) is 11.9 Å². The molecule has 5 heteroatoms. The van der Waals surface area contributed by atoms with Gasteiger partial charge in [-0.15, -0.1) is 0 Å². The zero-order valence-electron chi connectivity index (χ0n) is 10.9. The molecule has 2 atom stereocenters. The van der Waals surface area contributed by atoms with Gasteiger partial charge < -0.3 is 10.1 Å². The van der Waals surface area contributed by atoms with Gasteiger partial charge in [-0.05, 0) is 43.0 Å². The molecule has 1 aliphatic rings. The molecule has 2 rings (SSSR count). The molecule has 1 amide bonds. The lowest BCUT2D eigenvalue weighted by Gasteiger charge is -2.09. The molecule has 1 N–H and O–H groups in total. The Morgan fingerprint density at radius 2 is 2.16 bits per heavy atom. The first kappa shape index (κ1) is 13.9. The van der Waals surface area contributed by atoms with Crippen molar-refractivity contribution in [3.63, 3.8) is 0 Å². The summed E-state index contributed by atoms with van der Waals surface area (Å²) in [5.41, 5.74) is 1.54. The Labute approximate surface area is 117 Å². The summed E-state index contributed by atoms with van der Waals surface area (Å²) >= 11 is 5.83. The summed E-state index contributed by atoms with van der Waals surface area (Å²) in [6.07, 6.45) is 0.858. The Morgan fingerprint density at radius 1 is 1.47 bits per heavy atom. The van der Waals surface area contributed by atoms with Crippen molar-refractivity contribution in [3.8, 4) is 0 Å². The Hall–Kier alpha value is -1.55. The highest BCUT2D eigenvalue weighted by Crippen LogP contribution is 2.38. The van der Waals surface area contributed by atoms with E-state index in [1.165, 1.54) is 0 Å². The topological polar surface area (TPSA) is 55.4 Å². The van der Waals surface area contributed by atoms with Crippen LogP contribution in [0.15, 0.2) is 18.2 Å². The Morgan fingerprint density at radius 3 is 2.74 bits per heavy atom. The predicted molar refractivity (Wildman–Crippen MR) is 73.0 cm³/mol. The average Bonchev–Trinajstić information content (AvgIpc) is 3.07. The molecule has 102 valence electrons. The van der Waals surface area contributed by atoms with Gasteiger partial charge in [0.05, 0.1) is 5.92 Å². The van der Waals surface area contributed by atoms with E-state index in [4.69, 9.17) is 16.3 Å². The second-order valence-corrected chi connectivity index (χ2v) is 5.37. The summed E-state index contributed by atoms with van der Waals surface area (Å²) < 4.78 is 4.96. The number of anilines is 1. The van der Waals surface area contributed by atoms with Crippen molar-refractivity contribution in [3.05, 3.63) is 28.8 Å². The minimum absolute atomic E-state index is 0.0231. The van der Waals surface area contributed by atoms with Gasteiger partial charge in [-0.25, -0.2) is 0 Å². The summed E-state index contributed by atoms with van der Waals surface area (Å²) in [6, 6.07) is 5.18. The minimum atomic E-state index is -0.341. The lowest BCUT2D eigenvalue weighted by atomic mass is 10.2. The quantitative estimate of drug-likeness (QED) is 0.864. The summed E-state index contributed by atoms with van der Waals surface area (Å²) in [5.74, 6) is -0.262. The molecule has 0 aromatic heterocycles. The molecular formula is C14H16ClNO3. The van der Waals surface area contributed by atoms with Crippen LogP contribution in [0, 0.1) is 18.8 Å². The van der Waals surface area contributed by atoms with Crippen molar-refractivity contribution in [1.29, 1.82) is 0 Å². The van der Waals surface area contributed by atoms with E-state index < -0.39 is 0 Å². The van der Waals surface area contributed by atoms with Gasteiger partial charge in [-0.1, -0.05) is 18.5 Å². The maximum Gasteiger partial charge on any atom is 0.309 e. The molecule has 1 aliphatic carbocycles. The normalized spacial score (nSPS) is 20.8. The molecule has 1 aromatic carbocycles. The standard InChI is InChI=1S/C14H16ClNO3/c1-8-6-11(8)14(18)19-7-13(17)16-12-4-3-10(15)5-9(12)2/h3-5,8,11H,6-7H2,1-2H3,(H,16,17)/t8-,11-/m1/s1. The zero-order valence-corrected chi connectivity index (χ0v) is 11.7. The molecule has 1 saturated carbocycles. The van der Waals surface area contributed by atoms with Crippen LogP contribution in [-0.2, 0) is 14.3 Å². The first-order valence-corrected chi connectivity index (χ1v) is 6.58. The Kier molecular flexibility index (Phi) is 4.10. The van der Waals surface area contributed by atoms with Crippen LogP contribution < -0.4 is 5.32 Å². The molecule has 0 radical (unpaired) electrons. The Bertz CT molecular complexity index is 515. The van der Waals surface area contributed by atoms with Gasteiger partial charge in [0.1, 0.15) is 0 Å². The fourth-order valence-electron chi connectivity index (χ4n) is 1.85. The fraction of sp³-hybridized carbons (Fsp3) is 0.429. The molecule has 0 bridgehead atoms. The van der Waals surface area contributed by atoms with Gasteiger partial charge in [0.15, 0.2) is 6.61 Å². The van der Waals surface area contributed by atoms with E-state index in [9.17, 15) is 9.59 Å². The molecule has 19 heavy (non-hydrogen) atoms. The van der Waals surface area contributed by atoms with Crippen LogP contribution in [0.5, 0.6) is 0 Å². The van der Waals surface area contributed by atoms with Gasteiger partial charge in [-0.3, -0.25) is 9.59 Å². The van der Waals surface area contributed by atoms with Gasteiger partial charge in [0.25, 0.3) is 5.91 Å². The SMILES string of the molecule is Cc1cc(Cl)ccc1NC(=O)COC(=O)[C@@H]1C[C@H]1C. The number of ether oxygens (including phenoxy) is 1. The minimum Gasteiger partial charge on any atom is -0.455 e. The Balaban J connectivity index is 1.82. The van der Waals surface area contributed by atoms with Crippen LogP contribution in [0.4, 0.5) is 5.69 Å². The van der Waals surface area contributed by atoms with E-state index in [2.05, 4.69) is 5.32 Å². The fourth-order valence-corrected chi connectivity index (χ4v) is 2.07. The summed E-state index contributed by atoms with van der Waals surface area (Å²) in [7, 11) is 0. The molecular weight excluding hydrogens is 266 g/mol. The first-order valence-electron chi connectivity index (χ1n) is 6.20. The van der Waals surface area contributed by atoms with E-state index in [1.54, 1.807) is 18.2 Å². The number of nitrogens with one attached hydrogen (secondary N) is 1. The summed E-state index contributed by atoms with van der Waals surface area (Å²) in [4.78, 5) is 23.1. The molecule has 0 heterocycles. The smallest absolute Gasteiger partial charge is 0.309 e. The molecule has 1 fully saturated rings. The number of benzene rings is 1. The van der Waals surface area contributed by atoms with Crippen LogP contribution in [0.3, 0.4) is 0 Å². The van der Waals surface area contributed by atoms with Crippen LogP contribution in [-0.4, -0.2) is 18.5 Å². The van der Waals surface area contributed by atoms with Crippen molar-refractivity contribution in [1.82, 2.24) is 0 Å². The van der Waals surface area contributed by atoms with Gasteiger partial charge >= 0.3 is 5.97 Å². The zero-order chi connectivity index (χ0) is 14.0. The lowest BCUT2D eigenvalue weighted by molar-refractivity contribution is -0.148. The summed E-state index contributed by atoms with van der Waals surface area (Å²) in [5, 5.41) is 3.30. The third-order valence-corrected chi connectivity index (χ3v) is 3.46. The molecule has 4 nitrogen and oxygen atoms in total. The number of carbonyl (C=O) groups excluding carboxylic acids is 2. The summed E-state index contributed by atoms with van der Waals surface area (Å²) in [6.45, 7) is 3.59. The lowest BCUT2D eigenvalue weighted by Crippen LogP contribution is -2.22. The first-order chi connectivity index (χ1) is 8.97. The molecule has 0 aliphatic heterocycles. The van der Waals surface area contributed by atoms with Gasteiger partial charge in [0.2, 0.25) is 0 Å².